The maximum atomic E-state index is 5.59. The highest BCUT2D eigenvalue weighted by molar-refractivity contribution is 7.71. The second kappa shape index (κ2) is 8.12. The Kier molecular flexibility index (Phi) is 5.40. The van der Waals surface area contributed by atoms with Crippen LogP contribution in [0.4, 0.5) is 5.69 Å². The number of aryl methyl sites for hydroxylation is 1. The molecule has 28 heavy (non-hydrogen) atoms. The van der Waals surface area contributed by atoms with Crippen LogP contribution >= 0.6 is 12.2 Å². The van der Waals surface area contributed by atoms with Crippen LogP contribution in [0.1, 0.15) is 5.56 Å². The minimum atomic E-state index is 0.614. The van der Waals surface area contributed by atoms with E-state index in [9.17, 15) is 0 Å². The number of anilines is 1. The molecular weight excluding hydrogens is 372 g/mol. The van der Waals surface area contributed by atoms with Gasteiger partial charge >= 0.3 is 0 Å². The fourth-order valence-corrected chi connectivity index (χ4v) is 3.65. The molecule has 2 aromatic carbocycles. The van der Waals surface area contributed by atoms with Crippen molar-refractivity contribution in [2.75, 3.05) is 38.2 Å². The quantitative estimate of drug-likeness (QED) is 0.618. The molecule has 1 aliphatic heterocycles. The summed E-state index contributed by atoms with van der Waals surface area (Å²) in [6.07, 6.45) is 0. The lowest BCUT2D eigenvalue weighted by Gasteiger charge is -2.35. The first kappa shape index (κ1) is 18.6. The van der Waals surface area contributed by atoms with Gasteiger partial charge in [-0.15, -0.1) is 0 Å². The number of tetrazole rings is 1. The summed E-state index contributed by atoms with van der Waals surface area (Å²) in [6.45, 7) is 6.54. The molecule has 0 N–H and O–H groups in total. The van der Waals surface area contributed by atoms with Crippen LogP contribution in [0.2, 0.25) is 0 Å². The van der Waals surface area contributed by atoms with E-state index in [2.05, 4.69) is 51.4 Å². The molecule has 0 amide bonds. The lowest BCUT2D eigenvalue weighted by molar-refractivity contribution is 0.193. The van der Waals surface area contributed by atoms with E-state index in [1.807, 2.05) is 24.3 Å². The number of hydrogen-bond acceptors (Lipinski definition) is 6. The van der Waals surface area contributed by atoms with Crippen LogP contribution in [0.15, 0.2) is 48.5 Å². The highest BCUT2D eigenvalue weighted by atomic mass is 32.1. The van der Waals surface area contributed by atoms with Crippen LogP contribution in [0.25, 0.3) is 5.69 Å². The zero-order valence-corrected chi connectivity index (χ0v) is 17.0. The first-order valence-electron chi connectivity index (χ1n) is 9.35. The maximum absolute atomic E-state index is 5.59. The number of piperazine rings is 1. The van der Waals surface area contributed by atoms with Crippen LogP contribution in [-0.2, 0) is 6.67 Å². The fraction of sp³-hybridized carbons (Fsp3) is 0.350. The lowest BCUT2D eigenvalue weighted by Crippen LogP contribution is -2.47. The molecule has 7 nitrogen and oxygen atoms in total. The second-order valence-electron chi connectivity index (χ2n) is 6.96. The van der Waals surface area contributed by atoms with Crippen molar-refractivity contribution in [2.45, 2.75) is 13.6 Å². The van der Waals surface area contributed by atoms with Crippen molar-refractivity contribution in [3.8, 4) is 11.4 Å². The van der Waals surface area contributed by atoms with E-state index in [-0.39, 0.29) is 0 Å². The van der Waals surface area contributed by atoms with Gasteiger partial charge in [-0.2, -0.15) is 4.68 Å². The number of methoxy groups -OCH3 is 1. The van der Waals surface area contributed by atoms with Crippen LogP contribution in [0.3, 0.4) is 0 Å². The number of rotatable bonds is 5. The molecule has 1 saturated heterocycles. The second-order valence-corrected chi connectivity index (χ2v) is 7.32. The van der Waals surface area contributed by atoms with Gasteiger partial charge in [0.2, 0.25) is 4.77 Å². The highest BCUT2D eigenvalue weighted by Crippen LogP contribution is 2.20. The zero-order valence-electron chi connectivity index (χ0n) is 16.2. The molecule has 4 rings (SSSR count). The molecule has 0 bridgehead atoms. The summed E-state index contributed by atoms with van der Waals surface area (Å²) in [5.74, 6) is 0.883. The number of hydrogen-bond donors (Lipinski definition) is 0. The fourth-order valence-electron chi connectivity index (χ4n) is 3.41. The number of ether oxygens (including phenoxy) is 1. The largest absolute Gasteiger partial charge is 0.497 e. The van der Waals surface area contributed by atoms with E-state index < -0.39 is 0 Å². The van der Waals surface area contributed by atoms with Gasteiger partial charge in [0.1, 0.15) is 5.75 Å². The first-order chi connectivity index (χ1) is 13.6. The molecule has 0 atom stereocenters. The van der Waals surface area contributed by atoms with E-state index in [1.165, 1.54) is 11.3 Å². The predicted octanol–water partition coefficient (Wildman–Crippen LogP) is 2.90. The molecule has 0 saturated carbocycles. The van der Waals surface area contributed by atoms with Crippen molar-refractivity contribution in [3.05, 3.63) is 58.9 Å². The Morgan fingerprint density at radius 2 is 1.71 bits per heavy atom. The summed E-state index contributed by atoms with van der Waals surface area (Å²) >= 11 is 5.59. The summed E-state index contributed by atoms with van der Waals surface area (Å²) in [5, 5.41) is 8.52. The average Bonchev–Trinajstić information content (AvgIpc) is 3.09. The van der Waals surface area contributed by atoms with Gasteiger partial charge in [0.05, 0.1) is 19.5 Å². The molecule has 0 unspecified atom stereocenters. The minimum Gasteiger partial charge on any atom is -0.497 e. The monoisotopic (exact) mass is 396 g/mol. The Labute approximate surface area is 169 Å². The molecule has 146 valence electrons. The standard InChI is InChI=1S/C20H24N6OS/c1-16-4-3-5-18(14-16)26-20(28)25(21-22-26)15-23-10-12-24(13-11-23)17-6-8-19(27-2)9-7-17/h3-9,14H,10-13,15H2,1-2H3. The van der Waals surface area contributed by atoms with Crippen LogP contribution in [0.5, 0.6) is 5.75 Å². The van der Waals surface area contributed by atoms with E-state index in [0.717, 1.165) is 37.6 Å². The van der Waals surface area contributed by atoms with Gasteiger partial charge in [-0.3, -0.25) is 4.90 Å². The maximum Gasteiger partial charge on any atom is 0.221 e. The van der Waals surface area contributed by atoms with Crippen molar-refractivity contribution in [1.82, 2.24) is 24.7 Å². The third-order valence-corrected chi connectivity index (χ3v) is 5.41. The van der Waals surface area contributed by atoms with Crippen molar-refractivity contribution >= 4 is 17.9 Å². The molecule has 1 aliphatic rings. The van der Waals surface area contributed by atoms with Gasteiger partial charge in [0.15, 0.2) is 0 Å². The summed E-state index contributed by atoms with van der Waals surface area (Å²) in [6, 6.07) is 16.3. The van der Waals surface area contributed by atoms with Crippen LogP contribution in [-0.4, -0.2) is 58.0 Å². The van der Waals surface area contributed by atoms with E-state index in [1.54, 1.807) is 16.5 Å². The Balaban J connectivity index is 1.39. The highest BCUT2D eigenvalue weighted by Gasteiger charge is 2.18. The molecule has 1 aromatic heterocycles. The van der Waals surface area contributed by atoms with E-state index >= 15 is 0 Å². The Morgan fingerprint density at radius 1 is 0.964 bits per heavy atom. The average molecular weight is 397 g/mol. The molecule has 1 fully saturated rings. The number of nitrogens with zero attached hydrogens (tertiary/aromatic N) is 6. The third-order valence-electron chi connectivity index (χ3n) is 5.03. The molecule has 0 radical (unpaired) electrons. The summed E-state index contributed by atoms with van der Waals surface area (Å²) in [4.78, 5) is 4.74. The van der Waals surface area contributed by atoms with Gasteiger partial charge in [-0.25, -0.2) is 4.68 Å². The predicted molar refractivity (Wildman–Crippen MR) is 112 cm³/mol. The van der Waals surface area contributed by atoms with Gasteiger partial charge in [-0.1, -0.05) is 12.1 Å². The minimum absolute atomic E-state index is 0.614. The SMILES string of the molecule is COc1ccc(N2CCN(Cn3nnn(-c4cccc(C)c4)c3=S)CC2)cc1. The van der Waals surface area contributed by atoms with E-state index in [4.69, 9.17) is 17.0 Å². The zero-order chi connectivity index (χ0) is 19.5. The van der Waals surface area contributed by atoms with Crippen molar-refractivity contribution in [3.63, 3.8) is 0 Å². The molecule has 2 heterocycles. The van der Waals surface area contributed by atoms with Crippen molar-refractivity contribution in [2.24, 2.45) is 0 Å². The smallest absolute Gasteiger partial charge is 0.221 e. The topological polar surface area (TPSA) is 51.4 Å². The normalized spacial score (nSPS) is 15.0. The van der Waals surface area contributed by atoms with Crippen LogP contribution < -0.4 is 9.64 Å². The Hall–Kier alpha value is -2.71. The molecular formula is C20H24N6OS. The number of benzene rings is 2. The molecule has 3 aromatic rings. The van der Waals surface area contributed by atoms with Gasteiger partial charge < -0.3 is 9.64 Å². The van der Waals surface area contributed by atoms with Gasteiger partial charge in [0.25, 0.3) is 0 Å². The summed E-state index contributed by atoms with van der Waals surface area (Å²) < 4.78 is 9.36. The number of aromatic nitrogens is 4. The molecule has 0 spiro atoms. The van der Waals surface area contributed by atoms with Gasteiger partial charge in [0, 0.05) is 31.9 Å². The molecule has 0 aliphatic carbocycles. The Bertz CT molecular complexity index is 988. The van der Waals surface area contributed by atoms with E-state index in [0.29, 0.717) is 11.4 Å². The van der Waals surface area contributed by atoms with Crippen LogP contribution in [0, 0.1) is 11.7 Å². The lowest BCUT2D eigenvalue weighted by atomic mass is 10.2. The van der Waals surface area contributed by atoms with Gasteiger partial charge in [-0.05, 0) is 71.5 Å². The Morgan fingerprint density at radius 3 is 2.39 bits per heavy atom. The summed E-state index contributed by atoms with van der Waals surface area (Å²) in [7, 11) is 1.69. The third kappa shape index (κ3) is 3.93. The first-order valence-corrected chi connectivity index (χ1v) is 9.76. The van der Waals surface area contributed by atoms with Crippen molar-refractivity contribution in [1.29, 1.82) is 0 Å². The molecule has 8 heteroatoms. The summed E-state index contributed by atoms with van der Waals surface area (Å²) in [5.41, 5.74) is 3.34. The van der Waals surface area contributed by atoms with Crippen molar-refractivity contribution < 1.29 is 4.74 Å².